The number of methoxy groups -OCH3 is 1. The average molecular weight is 823 g/mol. The average Bonchev–Trinajstić information content (AvgIpc) is 3.63. The number of aromatic nitrogens is 3. The number of nitro groups is 1. The Bertz CT molecular complexity index is 1610. The quantitative estimate of drug-likeness (QED) is 0.129. The molecule has 18 heteroatoms. The van der Waals surface area contributed by atoms with Gasteiger partial charge in [-0.1, -0.05) is 25.1 Å². The third-order valence-corrected chi connectivity index (χ3v) is 11.9. The smallest absolute Gasteiger partial charge is 0.311 e. The fourth-order valence-electron chi connectivity index (χ4n) is 8.15. The molecular weight excluding hydrogens is 756 g/mol. The maximum Gasteiger partial charge on any atom is 0.311 e. The van der Waals surface area contributed by atoms with Gasteiger partial charge in [-0.2, -0.15) is 0 Å². The number of rotatable bonds is 13. The summed E-state index contributed by atoms with van der Waals surface area (Å²) in [6.45, 7) is 12.3. The molecule has 4 N–H and O–H groups in total. The van der Waals surface area contributed by atoms with Crippen LogP contribution in [-0.2, 0) is 36.7 Å². The number of hydrogen-bond donors (Lipinski definition) is 4. The number of likely N-dealkylation sites (N-methyl/N-ethyl adjacent to an activating group) is 2. The van der Waals surface area contributed by atoms with Crippen LogP contribution in [0.2, 0.25) is 0 Å². The third kappa shape index (κ3) is 12.1. The lowest BCUT2D eigenvalue weighted by molar-refractivity contribution is -0.384. The van der Waals surface area contributed by atoms with Crippen molar-refractivity contribution < 1.29 is 53.8 Å². The zero-order valence-electron chi connectivity index (χ0n) is 35.5. The van der Waals surface area contributed by atoms with E-state index in [4.69, 9.17) is 23.7 Å². The molecular formula is C40H66N6O12. The molecule has 18 nitrogen and oxygen atoms in total. The molecule has 0 saturated carbocycles. The summed E-state index contributed by atoms with van der Waals surface area (Å²) in [6, 6.07) is 5.12. The molecule has 1 aromatic carbocycles. The molecule has 58 heavy (non-hydrogen) atoms. The molecule has 2 fully saturated rings. The maximum atomic E-state index is 13.6. The van der Waals surface area contributed by atoms with Crippen molar-refractivity contribution in [1.29, 1.82) is 0 Å². The highest BCUT2D eigenvalue weighted by Crippen LogP contribution is 2.34. The van der Waals surface area contributed by atoms with Gasteiger partial charge >= 0.3 is 5.97 Å². The molecule has 0 bridgehead atoms. The van der Waals surface area contributed by atoms with Gasteiger partial charge in [0.2, 0.25) is 0 Å². The lowest BCUT2D eigenvalue weighted by Gasteiger charge is -2.44. The van der Waals surface area contributed by atoms with Crippen molar-refractivity contribution >= 4 is 11.7 Å². The normalized spacial score (nSPS) is 34.9. The Morgan fingerprint density at radius 3 is 2.57 bits per heavy atom. The number of esters is 1. The van der Waals surface area contributed by atoms with Gasteiger partial charge < -0.3 is 53.9 Å². The first kappa shape index (κ1) is 47.3. The van der Waals surface area contributed by atoms with E-state index in [0.717, 1.165) is 5.69 Å². The van der Waals surface area contributed by atoms with Gasteiger partial charge in [0, 0.05) is 57.4 Å². The van der Waals surface area contributed by atoms with Crippen LogP contribution in [0.1, 0.15) is 72.9 Å². The summed E-state index contributed by atoms with van der Waals surface area (Å²) in [4.78, 5) is 28.1. The van der Waals surface area contributed by atoms with Crippen LogP contribution in [0.25, 0.3) is 0 Å². The number of nitrogens with zero attached hydrogens (tertiary/aromatic N) is 6. The summed E-state index contributed by atoms with van der Waals surface area (Å²) in [5.74, 6) is -1.19. The number of aliphatic hydroxyl groups is 4. The Balaban J connectivity index is 1.43. The van der Waals surface area contributed by atoms with Crippen molar-refractivity contribution in [3.63, 3.8) is 0 Å². The second-order valence-corrected chi connectivity index (χ2v) is 16.7. The molecule has 0 radical (unpaired) electrons. The summed E-state index contributed by atoms with van der Waals surface area (Å²) in [5, 5.41) is 66.2. The molecule has 2 aliphatic heterocycles. The zero-order chi connectivity index (χ0) is 42.9. The first-order valence-corrected chi connectivity index (χ1v) is 20.3. The number of non-ortho nitro benzene ring substituents is 1. The lowest BCUT2D eigenvalue weighted by atomic mass is 9.83. The van der Waals surface area contributed by atoms with Gasteiger partial charge in [-0.15, -0.1) is 5.10 Å². The second-order valence-electron chi connectivity index (χ2n) is 16.7. The van der Waals surface area contributed by atoms with E-state index < -0.39 is 70.9 Å². The van der Waals surface area contributed by atoms with Crippen LogP contribution >= 0.6 is 0 Å². The fraction of sp³-hybridized carbons (Fsp3) is 0.775. The van der Waals surface area contributed by atoms with E-state index in [9.17, 15) is 35.3 Å². The Labute approximate surface area is 341 Å². The number of cyclic esters (lactones) is 1. The molecule has 0 unspecified atom stereocenters. The van der Waals surface area contributed by atoms with E-state index in [-0.39, 0.29) is 43.5 Å². The predicted octanol–water partition coefficient (Wildman–Crippen LogP) is 2.19. The molecule has 2 aromatic rings. The van der Waals surface area contributed by atoms with Crippen LogP contribution in [0.15, 0.2) is 30.5 Å². The Morgan fingerprint density at radius 1 is 1.17 bits per heavy atom. The van der Waals surface area contributed by atoms with E-state index in [1.54, 1.807) is 44.5 Å². The van der Waals surface area contributed by atoms with Crippen molar-refractivity contribution in [3.05, 3.63) is 46.3 Å². The fourth-order valence-corrected chi connectivity index (χ4v) is 8.15. The molecule has 1 aromatic heterocycles. The van der Waals surface area contributed by atoms with Gasteiger partial charge in [-0.05, 0) is 73.0 Å². The number of ether oxygens (including phenoxy) is 5. The minimum absolute atomic E-state index is 0.0492. The Hall–Kier alpha value is -3.33. The number of carbonyl (C=O) groups is 1. The molecule has 2 aliphatic rings. The van der Waals surface area contributed by atoms with Gasteiger partial charge in [-0.25, -0.2) is 4.68 Å². The van der Waals surface area contributed by atoms with Crippen LogP contribution in [0, 0.1) is 22.0 Å². The monoisotopic (exact) mass is 822 g/mol. The molecule has 2 saturated heterocycles. The van der Waals surface area contributed by atoms with Crippen molar-refractivity contribution in [2.45, 2.75) is 140 Å². The molecule has 12 atom stereocenters. The van der Waals surface area contributed by atoms with Gasteiger partial charge in [0.05, 0.1) is 53.6 Å². The number of hydrogen-bond acceptors (Lipinski definition) is 16. The first-order valence-electron chi connectivity index (χ1n) is 20.3. The van der Waals surface area contributed by atoms with E-state index >= 15 is 0 Å². The standard InChI is InChI=1S/C40H66N6O12/c1-10-33-40(6,51)36(48)27(4)44(8)23-25(2)22-39(5,50)34(21-32(54-9)26(3)37(49)57-33)58-38-35(47)31(15-18-56-38)43(7)16-14-28-24-45(42-41-28)17-19-55-30-13-11-12-29(20-30)46(52)53/h11-13,20,24-27,31-36,38,47-48,50-51H,10,14-19,21-23H2,1-9H3/t25-,26-,27-,31+,32+,33-,34-,35-,36-,38+,39-,40-/m1/s1. The van der Waals surface area contributed by atoms with Crippen molar-refractivity contribution in [2.24, 2.45) is 11.8 Å². The SMILES string of the molecule is CC[C@H]1OC(=O)[C@H](C)[C@@H](OC)C[C@@H](O[C@@H]2OCC[C@H](N(C)CCc3cn(CCOc4cccc([N+](=O)[O-])c4)nn3)[C@H]2O)[C@](C)(O)C[C@@H](C)CN(C)[C@H](C)[C@@H](O)[C@]1(C)O. The topological polar surface area (TPSA) is 224 Å². The molecule has 0 aliphatic carbocycles. The number of benzene rings is 1. The first-order chi connectivity index (χ1) is 27.3. The molecule has 0 amide bonds. The van der Waals surface area contributed by atoms with Gasteiger partial charge in [0.1, 0.15) is 36.3 Å². The van der Waals surface area contributed by atoms with Crippen molar-refractivity contribution in [2.75, 3.05) is 47.5 Å². The van der Waals surface area contributed by atoms with Crippen LogP contribution in [-0.4, -0.2) is 164 Å². The van der Waals surface area contributed by atoms with Crippen LogP contribution < -0.4 is 4.74 Å². The van der Waals surface area contributed by atoms with E-state index in [0.29, 0.717) is 44.8 Å². The van der Waals surface area contributed by atoms with E-state index in [1.807, 2.05) is 37.0 Å². The largest absolute Gasteiger partial charge is 0.491 e. The molecule has 328 valence electrons. The predicted molar refractivity (Wildman–Crippen MR) is 212 cm³/mol. The lowest BCUT2D eigenvalue weighted by Crippen LogP contribution is -2.59. The van der Waals surface area contributed by atoms with Crippen molar-refractivity contribution in [1.82, 2.24) is 24.8 Å². The van der Waals surface area contributed by atoms with Gasteiger partial charge in [0.15, 0.2) is 6.29 Å². The van der Waals surface area contributed by atoms with Crippen LogP contribution in [0.3, 0.4) is 0 Å². The summed E-state index contributed by atoms with van der Waals surface area (Å²) >= 11 is 0. The van der Waals surface area contributed by atoms with Gasteiger partial charge in [-0.3, -0.25) is 14.9 Å². The Morgan fingerprint density at radius 2 is 1.90 bits per heavy atom. The number of nitro benzene ring substituents is 1. The minimum Gasteiger partial charge on any atom is -0.491 e. The molecule has 0 spiro atoms. The Kier molecular flexibility index (Phi) is 17.0. The second kappa shape index (κ2) is 20.8. The minimum atomic E-state index is -1.74. The highest BCUT2D eigenvalue weighted by Gasteiger charge is 2.47. The maximum absolute atomic E-state index is 13.6. The summed E-state index contributed by atoms with van der Waals surface area (Å²) in [5.41, 5.74) is -2.53. The van der Waals surface area contributed by atoms with Crippen molar-refractivity contribution in [3.8, 4) is 5.75 Å². The summed E-state index contributed by atoms with van der Waals surface area (Å²) in [7, 11) is 5.21. The van der Waals surface area contributed by atoms with Crippen LogP contribution in [0.4, 0.5) is 5.69 Å². The zero-order valence-corrected chi connectivity index (χ0v) is 35.5. The van der Waals surface area contributed by atoms with E-state index in [2.05, 4.69) is 10.3 Å². The van der Waals surface area contributed by atoms with Crippen LogP contribution in [0.5, 0.6) is 5.75 Å². The van der Waals surface area contributed by atoms with Gasteiger partial charge in [0.25, 0.3) is 5.69 Å². The third-order valence-electron chi connectivity index (χ3n) is 11.9. The highest BCUT2D eigenvalue weighted by molar-refractivity contribution is 5.73. The summed E-state index contributed by atoms with van der Waals surface area (Å²) in [6.07, 6.45) is -2.69. The molecule has 3 heterocycles. The molecule has 4 rings (SSSR count). The summed E-state index contributed by atoms with van der Waals surface area (Å²) < 4.78 is 31.5. The van der Waals surface area contributed by atoms with E-state index in [1.165, 1.54) is 26.2 Å². The highest BCUT2D eigenvalue weighted by atomic mass is 16.7. The number of aliphatic hydroxyl groups excluding tert-OH is 2. The number of carbonyl (C=O) groups excluding carboxylic acids is 1.